The lowest BCUT2D eigenvalue weighted by molar-refractivity contribution is 0.158. The fourth-order valence-electron chi connectivity index (χ4n) is 3.09. The maximum absolute atomic E-state index is 11.5. The molecule has 0 aliphatic carbocycles. The van der Waals surface area contributed by atoms with Crippen molar-refractivity contribution < 1.29 is 12.9 Å². The number of likely N-dealkylation sites (tertiary alicyclic amines) is 1. The number of sulfone groups is 1. The first-order valence-corrected chi connectivity index (χ1v) is 10.3. The second-order valence-electron chi connectivity index (χ2n) is 6.35. The van der Waals surface area contributed by atoms with Gasteiger partial charge in [0.1, 0.15) is 9.84 Å². The van der Waals surface area contributed by atoms with Gasteiger partial charge in [0, 0.05) is 23.4 Å². The van der Waals surface area contributed by atoms with E-state index in [1.54, 1.807) is 12.1 Å². The number of aromatic nitrogens is 2. The molecule has 1 aromatic heterocycles. The first-order valence-electron chi connectivity index (χ1n) is 7.88. The van der Waals surface area contributed by atoms with Gasteiger partial charge in [-0.25, -0.2) is 8.42 Å². The van der Waals surface area contributed by atoms with Crippen LogP contribution in [0.5, 0.6) is 0 Å². The molecule has 3 rings (SSSR count). The summed E-state index contributed by atoms with van der Waals surface area (Å²) in [6.45, 7) is 2.20. The lowest BCUT2D eigenvalue weighted by atomic mass is 10.0. The Hall–Kier alpha value is -1.44. The molecule has 1 saturated heterocycles. The van der Waals surface area contributed by atoms with Gasteiger partial charge in [0.05, 0.1) is 12.3 Å². The Morgan fingerprint density at radius 3 is 2.79 bits per heavy atom. The highest BCUT2D eigenvalue weighted by molar-refractivity contribution is 7.90. The fourth-order valence-corrected chi connectivity index (χ4v) is 4.34. The summed E-state index contributed by atoms with van der Waals surface area (Å²) < 4.78 is 28.3. The van der Waals surface area contributed by atoms with Gasteiger partial charge in [0.25, 0.3) is 0 Å². The highest BCUT2D eigenvalue weighted by Crippen LogP contribution is 2.22. The van der Waals surface area contributed by atoms with Gasteiger partial charge in [-0.3, -0.25) is 4.90 Å². The average molecular weight is 370 g/mol. The maximum atomic E-state index is 11.5. The molecule has 8 heteroatoms. The summed E-state index contributed by atoms with van der Waals surface area (Å²) in [6.07, 6.45) is 3.23. The molecule has 0 saturated carbocycles. The van der Waals surface area contributed by atoms with Gasteiger partial charge >= 0.3 is 0 Å². The second kappa shape index (κ2) is 7.21. The van der Waals surface area contributed by atoms with Crippen molar-refractivity contribution in [3.63, 3.8) is 0 Å². The molecule has 0 unspecified atom stereocenters. The molecule has 1 atom stereocenters. The molecule has 0 N–H and O–H groups in total. The van der Waals surface area contributed by atoms with E-state index in [0.29, 0.717) is 23.3 Å². The molecule has 0 amide bonds. The molecule has 0 bridgehead atoms. The standard InChI is InChI=1S/C16H20ClN3O3S/c1-24(21,22)11-12-3-2-8-20(9-12)10-15-18-16(19-23-15)13-4-6-14(17)7-5-13/h4-7,12H,2-3,8-11H2,1H3/t12-/m0/s1. The summed E-state index contributed by atoms with van der Waals surface area (Å²) in [5, 5.41) is 4.67. The molecular weight excluding hydrogens is 350 g/mol. The lowest BCUT2D eigenvalue weighted by Gasteiger charge is -2.31. The third-order valence-electron chi connectivity index (χ3n) is 4.07. The van der Waals surface area contributed by atoms with Crippen LogP contribution in [-0.2, 0) is 16.4 Å². The predicted molar refractivity (Wildman–Crippen MR) is 92.5 cm³/mol. The lowest BCUT2D eigenvalue weighted by Crippen LogP contribution is -2.37. The van der Waals surface area contributed by atoms with Crippen LogP contribution < -0.4 is 0 Å². The van der Waals surface area contributed by atoms with Crippen molar-refractivity contribution in [1.82, 2.24) is 15.0 Å². The van der Waals surface area contributed by atoms with Crippen molar-refractivity contribution in [2.75, 3.05) is 25.1 Å². The van der Waals surface area contributed by atoms with Crippen LogP contribution in [0, 0.1) is 5.92 Å². The predicted octanol–water partition coefficient (Wildman–Crippen LogP) is 2.65. The van der Waals surface area contributed by atoms with Crippen molar-refractivity contribution in [3.05, 3.63) is 35.2 Å². The molecule has 2 aromatic rings. The summed E-state index contributed by atoms with van der Waals surface area (Å²) in [4.78, 5) is 6.60. The highest BCUT2D eigenvalue weighted by atomic mass is 35.5. The molecule has 1 aliphatic rings. The second-order valence-corrected chi connectivity index (χ2v) is 8.98. The fraction of sp³-hybridized carbons (Fsp3) is 0.500. The van der Waals surface area contributed by atoms with Crippen LogP contribution in [0.4, 0.5) is 0 Å². The smallest absolute Gasteiger partial charge is 0.241 e. The van der Waals surface area contributed by atoms with Crippen LogP contribution in [0.2, 0.25) is 5.02 Å². The van der Waals surface area contributed by atoms with Crippen LogP contribution in [-0.4, -0.2) is 48.6 Å². The van der Waals surface area contributed by atoms with Gasteiger partial charge in [-0.1, -0.05) is 16.8 Å². The number of hydrogen-bond acceptors (Lipinski definition) is 6. The normalized spacial score (nSPS) is 19.5. The number of benzene rings is 1. The first-order chi connectivity index (χ1) is 11.4. The molecule has 2 heterocycles. The number of nitrogens with zero attached hydrogens (tertiary/aromatic N) is 3. The van der Waals surface area contributed by atoms with Gasteiger partial charge < -0.3 is 4.52 Å². The van der Waals surface area contributed by atoms with E-state index in [4.69, 9.17) is 16.1 Å². The Balaban J connectivity index is 1.63. The van der Waals surface area contributed by atoms with Gasteiger partial charge in [0.2, 0.25) is 11.7 Å². The molecule has 0 spiro atoms. The van der Waals surface area contributed by atoms with E-state index in [1.165, 1.54) is 6.26 Å². The Bertz CT molecular complexity index is 789. The Labute approximate surface area is 146 Å². The topological polar surface area (TPSA) is 76.3 Å². The number of hydrogen-bond donors (Lipinski definition) is 0. The van der Waals surface area contributed by atoms with E-state index in [0.717, 1.165) is 31.5 Å². The minimum atomic E-state index is -2.94. The summed E-state index contributed by atoms with van der Waals surface area (Å²) in [5.74, 6) is 1.49. The summed E-state index contributed by atoms with van der Waals surface area (Å²) in [5.41, 5.74) is 0.850. The van der Waals surface area contributed by atoms with E-state index >= 15 is 0 Å². The number of halogens is 1. The summed E-state index contributed by atoms with van der Waals surface area (Å²) in [7, 11) is -2.94. The molecule has 0 radical (unpaired) electrons. The van der Waals surface area contributed by atoms with E-state index in [2.05, 4.69) is 15.0 Å². The van der Waals surface area contributed by atoms with Crippen molar-refractivity contribution in [2.45, 2.75) is 19.4 Å². The highest BCUT2D eigenvalue weighted by Gasteiger charge is 2.24. The van der Waals surface area contributed by atoms with Gasteiger partial charge in [-0.2, -0.15) is 4.98 Å². The first kappa shape index (κ1) is 17.4. The molecule has 24 heavy (non-hydrogen) atoms. The van der Waals surface area contributed by atoms with E-state index in [-0.39, 0.29) is 11.7 Å². The molecular formula is C16H20ClN3O3S. The zero-order valence-electron chi connectivity index (χ0n) is 13.5. The zero-order chi connectivity index (χ0) is 17.2. The van der Waals surface area contributed by atoms with Crippen LogP contribution in [0.15, 0.2) is 28.8 Å². The quantitative estimate of drug-likeness (QED) is 0.806. The number of piperidine rings is 1. The maximum Gasteiger partial charge on any atom is 0.241 e. The molecule has 1 fully saturated rings. The summed E-state index contributed by atoms with van der Waals surface area (Å²) in [6, 6.07) is 7.26. The third-order valence-corrected chi connectivity index (χ3v) is 5.40. The summed E-state index contributed by atoms with van der Waals surface area (Å²) >= 11 is 5.88. The zero-order valence-corrected chi connectivity index (χ0v) is 15.1. The van der Waals surface area contributed by atoms with Crippen molar-refractivity contribution in [2.24, 2.45) is 5.92 Å². The Morgan fingerprint density at radius 2 is 2.08 bits per heavy atom. The van der Waals surface area contributed by atoms with E-state index in [1.807, 2.05) is 12.1 Å². The van der Waals surface area contributed by atoms with Crippen molar-refractivity contribution >= 4 is 21.4 Å². The van der Waals surface area contributed by atoms with Gasteiger partial charge in [0.15, 0.2) is 0 Å². The molecule has 1 aliphatic heterocycles. The van der Waals surface area contributed by atoms with Gasteiger partial charge in [-0.15, -0.1) is 0 Å². The van der Waals surface area contributed by atoms with Crippen LogP contribution in [0.1, 0.15) is 18.7 Å². The van der Waals surface area contributed by atoms with Crippen LogP contribution in [0.25, 0.3) is 11.4 Å². The molecule has 130 valence electrons. The minimum Gasteiger partial charge on any atom is -0.338 e. The average Bonchev–Trinajstić information content (AvgIpc) is 2.95. The third kappa shape index (κ3) is 4.78. The SMILES string of the molecule is CS(=O)(=O)C[C@H]1CCCN(Cc2nc(-c3ccc(Cl)cc3)no2)C1. The monoisotopic (exact) mass is 369 g/mol. The molecule has 1 aromatic carbocycles. The van der Waals surface area contributed by atoms with Crippen LogP contribution >= 0.6 is 11.6 Å². The van der Waals surface area contributed by atoms with E-state index < -0.39 is 9.84 Å². The largest absolute Gasteiger partial charge is 0.338 e. The minimum absolute atomic E-state index is 0.174. The Morgan fingerprint density at radius 1 is 1.33 bits per heavy atom. The molecule has 6 nitrogen and oxygen atoms in total. The van der Waals surface area contributed by atoms with E-state index in [9.17, 15) is 8.42 Å². The Kier molecular flexibility index (Phi) is 5.22. The van der Waals surface area contributed by atoms with Gasteiger partial charge in [-0.05, 0) is 49.6 Å². The van der Waals surface area contributed by atoms with Crippen molar-refractivity contribution in [1.29, 1.82) is 0 Å². The number of rotatable bonds is 5. The van der Waals surface area contributed by atoms with Crippen molar-refractivity contribution in [3.8, 4) is 11.4 Å². The van der Waals surface area contributed by atoms with Crippen LogP contribution in [0.3, 0.4) is 0 Å².